The van der Waals surface area contributed by atoms with E-state index >= 15 is 0 Å². The fourth-order valence-corrected chi connectivity index (χ4v) is 2.56. The van der Waals surface area contributed by atoms with Crippen molar-refractivity contribution >= 4 is 16.6 Å². The Balaban J connectivity index is 2.50. The summed E-state index contributed by atoms with van der Waals surface area (Å²) in [6.45, 7) is 6.07. The van der Waals surface area contributed by atoms with Gasteiger partial charge in [-0.25, -0.2) is 0 Å². The first-order valence-corrected chi connectivity index (χ1v) is 6.60. The fourth-order valence-electron chi connectivity index (χ4n) is 2.56. The summed E-state index contributed by atoms with van der Waals surface area (Å²) in [5.74, 6) is 0.371. The third kappa shape index (κ3) is 1.64. The van der Waals surface area contributed by atoms with Crippen LogP contribution in [0.3, 0.4) is 0 Å². The summed E-state index contributed by atoms with van der Waals surface area (Å²) >= 11 is 0. The zero-order chi connectivity index (χ0) is 14.4. The Morgan fingerprint density at radius 2 is 2.10 bits per heavy atom. The van der Waals surface area contributed by atoms with Crippen LogP contribution < -0.4 is 5.56 Å². The second-order valence-electron chi connectivity index (χ2n) is 5.40. The second kappa shape index (κ2) is 4.24. The predicted octanol–water partition coefficient (Wildman–Crippen LogP) is 3.08. The average molecular weight is 265 g/mol. The van der Waals surface area contributed by atoms with Crippen molar-refractivity contribution in [2.75, 3.05) is 0 Å². The van der Waals surface area contributed by atoms with Crippen molar-refractivity contribution in [2.45, 2.75) is 26.7 Å². The van der Waals surface area contributed by atoms with E-state index in [0.29, 0.717) is 22.5 Å². The van der Waals surface area contributed by atoms with Crippen LogP contribution in [-0.4, -0.2) is 9.38 Å². The maximum atomic E-state index is 12.3. The van der Waals surface area contributed by atoms with Crippen molar-refractivity contribution in [2.24, 2.45) is 0 Å². The van der Waals surface area contributed by atoms with Crippen LogP contribution in [-0.2, 0) is 0 Å². The number of H-pyrrole nitrogens is 1. The molecule has 0 aliphatic carbocycles. The first-order valence-electron chi connectivity index (χ1n) is 6.60. The van der Waals surface area contributed by atoms with Crippen LogP contribution in [0.15, 0.2) is 29.2 Å². The lowest BCUT2D eigenvalue weighted by Gasteiger charge is -2.08. The van der Waals surface area contributed by atoms with Crippen LogP contribution in [0.4, 0.5) is 0 Å². The van der Waals surface area contributed by atoms with Gasteiger partial charge in [0.2, 0.25) is 0 Å². The summed E-state index contributed by atoms with van der Waals surface area (Å²) < 4.78 is 1.88. The van der Waals surface area contributed by atoms with Crippen LogP contribution in [0.1, 0.15) is 36.5 Å². The maximum absolute atomic E-state index is 12.3. The zero-order valence-corrected chi connectivity index (χ0v) is 11.7. The van der Waals surface area contributed by atoms with E-state index in [2.05, 4.69) is 24.9 Å². The molecule has 0 atom stereocenters. The van der Waals surface area contributed by atoms with Gasteiger partial charge < -0.3 is 9.38 Å². The van der Waals surface area contributed by atoms with Crippen LogP contribution in [0.25, 0.3) is 16.6 Å². The molecule has 0 bridgehead atoms. The SMILES string of the molecule is Cc1cn2c([nH]c(=O)c3cc(C(C)C)ccc32)c1C#N. The minimum Gasteiger partial charge on any atom is -0.306 e. The maximum Gasteiger partial charge on any atom is 0.258 e. The number of aryl methyl sites for hydroxylation is 1. The Bertz CT molecular complexity index is 923. The van der Waals surface area contributed by atoms with Crippen LogP contribution in [0.2, 0.25) is 0 Å². The summed E-state index contributed by atoms with van der Waals surface area (Å²) in [5, 5.41) is 9.86. The number of hydrogen-bond donors (Lipinski definition) is 1. The third-order valence-electron chi connectivity index (χ3n) is 3.73. The summed E-state index contributed by atoms with van der Waals surface area (Å²) in [6.07, 6.45) is 1.89. The Kier molecular flexibility index (Phi) is 2.65. The molecule has 3 rings (SSSR count). The van der Waals surface area contributed by atoms with Crippen molar-refractivity contribution in [3.63, 3.8) is 0 Å². The molecule has 4 nitrogen and oxygen atoms in total. The summed E-state index contributed by atoms with van der Waals surface area (Å²) in [6, 6.07) is 8.07. The molecule has 0 radical (unpaired) electrons. The largest absolute Gasteiger partial charge is 0.306 e. The first-order chi connectivity index (χ1) is 9.52. The monoisotopic (exact) mass is 265 g/mol. The van der Waals surface area contributed by atoms with Gasteiger partial charge >= 0.3 is 0 Å². The highest BCUT2D eigenvalue weighted by molar-refractivity contribution is 5.83. The Labute approximate surface area is 116 Å². The topological polar surface area (TPSA) is 61.1 Å². The van der Waals surface area contributed by atoms with Gasteiger partial charge in [0.15, 0.2) is 0 Å². The van der Waals surface area contributed by atoms with Gasteiger partial charge in [0.25, 0.3) is 5.56 Å². The molecule has 0 aliphatic heterocycles. The van der Waals surface area contributed by atoms with Crippen LogP contribution in [0.5, 0.6) is 0 Å². The van der Waals surface area contributed by atoms with E-state index in [0.717, 1.165) is 16.6 Å². The van der Waals surface area contributed by atoms with E-state index in [4.69, 9.17) is 0 Å². The molecule has 100 valence electrons. The molecule has 0 spiro atoms. The van der Waals surface area contributed by atoms with Gasteiger partial charge in [-0.2, -0.15) is 5.26 Å². The minimum atomic E-state index is -0.149. The summed E-state index contributed by atoms with van der Waals surface area (Å²) in [5.41, 5.74) is 3.77. The lowest BCUT2D eigenvalue weighted by molar-refractivity contribution is 0.868. The van der Waals surface area contributed by atoms with Gasteiger partial charge in [0.05, 0.1) is 16.5 Å². The number of nitriles is 1. The molecule has 0 saturated carbocycles. The van der Waals surface area contributed by atoms with Gasteiger partial charge in [-0.1, -0.05) is 19.9 Å². The van der Waals surface area contributed by atoms with E-state index in [-0.39, 0.29) is 5.56 Å². The smallest absolute Gasteiger partial charge is 0.258 e. The highest BCUT2D eigenvalue weighted by Crippen LogP contribution is 2.22. The molecule has 2 heterocycles. The number of rotatable bonds is 1. The minimum absolute atomic E-state index is 0.149. The van der Waals surface area contributed by atoms with Gasteiger partial charge in [-0.05, 0) is 36.1 Å². The molecule has 3 aromatic rings. The zero-order valence-electron chi connectivity index (χ0n) is 11.7. The standard InChI is InChI=1S/C16H15N3O/c1-9(2)11-4-5-14-12(6-11)16(20)18-15-13(7-17)10(3)8-19(14)15/h4-6,8-9H,1-3H3,(H,18,20). The molecule has 1 N–H and O–H groups in total. The number of hydrogen-bond acceptors (Lipinski definition) is 2. The van der Waals surface area contributed by atoms with E-state index < -0.39 is 0 Å². The molecule has 2 aromatic heterocycles. The van der Waals surface area contributed by atoms with E-state index in [9.17, 15) is 10.1 Å². The third-order valence-corrected chi connectivity index (χ3v) is 3.73. The van der Waals surface area contributed by atoms with Gasteiger partial charge in [-0.15, -0.1) is 0 Å². The first kappa shape index (κ1) is 12.5. The average Bonchev–Trinajstić information content (AvgIpc) is 2.74. The molecule has 0 saturated heterocycles. The van der Waals surface area contributed by atoms with Gasteiger partial charge in [-0.3, -0.25) is 4.79 Å². The lowest BCUT2D eigenvalue weighted by atomic mass is 10.0. The highest BCUT2D eigenvalue weighted by atomic mass is 16.1. The molecular formula is C16H15N3O. The van der Waals surface area contributed by atoms with Crippen molar-refractivity contribution in [1.29, 1.82) is 5.26 Å². The van der Waals surface area contributed by atoms with Crippen molar-refractivity contribution < 1.29 is 0 Å². The Morgan fingerprint density at radius 3 is 2.75 bits per heavy atom. The van der Waals surface area contributed by atoms with Gasteiger partial charge in [0.1, 0.15) is 11.7 Å². The number of aromatic amines is 1. The number of nitrogens with one attached hydrogen (secondary N) is 1. The number of fused-ring (bicyclic) bond motifs is 3. The molecule has 0 amide bonds. The molecule has 0 unspecified atom stereocenters. The van der Waals surface area contributed by atoms with Crippen LogP contribution in [0, 0.1) is 18.3 Å². The highest BCUT2D eigenvalue weighted by Gasteiger charge is 2.12. The van der Waals surface area contributed by atoms with E-state index in [1.807, 2.05) is 35.7 Å². The lowest BCUT2D eigenvalue weighted by Crippen LogP contribution is -2.10. The van der Waals surface area contributed by atoms with Crippen LogP contribution >= 0.6 is 0 Å². The molecule has 0 aliphatic rings. The molecule has 0 fully saturated rings. The van der Waals surface area contributed by atoms with Crippen molar-refractivity contribution in [1.82, 2.24) is 9.38 Å². The normalized spacial score (nSPS) is 11.3. The fraction of sp³-hybridized carbons (Fsp3) is 0.250. The summed E-state index contributed by atoms with van der Waals surface area (Å²) in [7, 11) is 0. The molecule has 1 aromatic carbocycles. The number of aromatic nitrogens is 2. The Hall–Kier alpha value is -2.54. The molecular weight excluding hydrogens is 250 g/mol. The van der Waals surface area contributed by atoms with E-state index in [1.165, 1.54) is 0 Å². The van der Waals surface area contributed by atoms with E-state index in [1.54, 1.807) is 0 Å². The molecule has 4 heteroatoms. The van der Waals surface area contributed by atoms with Crippen molar-refractivity contribution in [3.8, 4) is 6.07 Å². The Morgan fingerprint density at radius 1 is 1.35 bits per heavy atom. The van der Waals surface area contributed by atoms with Crippen molar-refractivity contribution in [3.05, 3.63) is 51.4 Å². The summed E-state index contributed by atoms with van der Waals surface area (Å²) in [4.78, 5) is 15.1. The second-order valence-corrected chi connectivity index (χ2v) is 5.40. The number of benzene rings is 1. The quantitative estimate of drug-likeness (QED) is 0.735. The number of nitrogens with zero attached hydrogens (tertiary/aromatic N) is 2. The molecule has 20 heavy (non-hydrogen) atoms. The predicted molar refractivity (Wildman–Crippen MR) is 79.1 cm³/mol. The van der Waals surface area contributed by atoms with Gasteiger partial charge in [0, 0.05) is 6.20 Å².